The van der Waals surface area contributed by atoms with Crippen molar-refractivity contribution < 1.29 is 0 Å². The summed E-state index contributed by atoms with van der Waals surface area (Å²) in [6.07, 6.45) is 1.85. The molecule has 0 unspecified atom stereocenters. The van der Waals surface area contributed by atoms with Gasteiger partial charge >= 0.3 is 0 Å². The number of nitrogens with one attached hydrogen (secondary N) is 1. The Labute approximate surface area is 115 Å². The van der Waals surface area contributed by atoms with Crippen LogP contribution in [0.1, 0.15) is 26.5 Å². The molecule has 0 aromatic carbocycles. The summed E-state index contributed by atoms with van der Waals surface area (Å²) in [5, 5.41) is 4.09. The Morgan fingerprint density at radius 2 is 2.11 bits per heavy atom. The quantitative estimate of drug-likeness (QED) is 0.830. The van der Waals surface area contributed by atoms with E-state index < -0.39 is 0 Å². The van der Waals surface area contributed by atoms with E-state index in [1.54, 1.807) is 0 Å². The van der Waals surface area contributed by atoms with E-state index in [1.807, 2.05) is 30.2 Å². The second kappa shape index (κ2) is 6.21. The first kappa shape index (κ1) is 15.0. The maximum atomic E-state index is 6.17. The SMILES string of the molecule is C=CCN(C)c1ccc(Cl)c(CNC(C)(C)C)n1. The van der Waals surface area contributed by atoms with Gasteiger partial charge in [-0.1, -0.05) is 17.7 Å². The lowest BCUT2D eigenvalue weighted by Crippen LogP contribution is -2.35. The van der Waals surface area contributed by atoms with Gasteiger partial charge in [-0.3, -0.25) is 0 Å². The van der Waals surface area contributed by atoms with E-state index in [4.69, 9.17) is 11.6 Å². The molecule has 1 aromatic heterocycles. The fourth-order valence-electron chi connectivity index (χ4n) is 1.45. The number of halogens is 1. The van der Waals surface area contributed by atoms with Crippen LogP contribution in [-0.2, 0) is 6.54 Å². The molecule has 0 atom stereocenters. The summed E-state index contributed by atoms with van der Waals surface area (Å²) in [6.45, 7) is 11.5. The monoisotopic (exact) mass is 267 g/mol. The second-order valence-electron chi connectivity index (χ2n) is 5.37. The summed E-state index contributed by atoms with van der Waals surface area (Å²) in [5.41, 5.74) is 0.925. The van der Waals surface area contributed by atoms with Gasteiger partial charge in [0.05, 0.1) is 10.7 Å². The van der Waals surface area contributed by atoms with Crippen molar-refractivity contribution in [1.82, 2.24) is 10.3 Å². The Hall–Kier alpha value is -1.06. The fraction of sp³-hybridized carbons (Fsp3) is 0.500. The lowest BCUT2D eigenvalue weighted by molar-refractivity contribution is 0.421. The maximum absolute atomic E-state index is 6.17. The molecule has 0 saturated carbocycles. The minimum absolute atomic E-state index is 0.0496. The van der Waals surface area contributed by atoms with Crippen molar-refractivity contribution in [3.8, 4) is 0 Å². The zero-order chi connectivity index (χ0) is 13.8. The summed E-state index contributed by atoms with van der Waals surface area (Å²) >= 11 is 6.17. The van der Waals surface area contributed by atoms with Gasteiger partial charge in [0, 0.05) is 25.7 Å². The zero-order valence-electron chi connectivity index (χ0n) is 11.6. The van der Waals surface area contributed by atoms with Gasteiger partial charge in [0.25, 0.3) is 0 Å². The van der Waals surface area contributed by atoms with Gasteiger partial charge in [-0.25, -0.2) is 4.98 Å². The predicted octanol–water partition coefficient (Wildman–Crippen LogP) is 3.25. The molecule has 1 N–H and O–H groups in total. The first-order valence-electron chi connectivity index (χ1n) is 6.06. The van der Waals surface area contributed by atoms with Gasteiger partial charge in [-0.15, -0.1) is 6.58 Å². The normalized spacial score (nSPS) is 11.4. The Balaban J connectivity index is 2.84. The molecule has 1 rings (SSSR count). The van der Waals surface area contributed by atoms with E-state index in [-0.39, 0.29) is 5.54 Å². The summed E-state index contributed by atoms with van der Waals surface area (Å²) in [5.74, 6) is 0.907. The zero-order valence-corrected chi connectivity index (χ0v) is 12.4. The molecule has 18 heavy (non-hydrogen) atoms. The third-order valence-electron chi connectivity index (χ3n) is 2.48. The number of anilines is 1. The molecule has 0 aliphatic heterocycles. The molecular weight excluding hydrogens is 246 g/mol. The third-order valence-corrected chi connectivity index (χ3v) is 2.83. The summed E-state index contributed by atoms with van der Waals surface area (Å²) in [4.78, 5) is 6.61. The van der Waals surface area contributed by atoms with Gasteiger partial charge in [0.2, 0.25) is 0 Å². The van der Waals surface area contributed by atoms with Crippen LogP contribution in [0, 0.1) is 0 Å². The van der Waals surface area contributed by atoms with Crippen molar-refractivity contribution in [1.29, 1.82) is 0 Å². The minimum atomic E-state index is 0.0496. The highest BCUT2D eigenvalue weighted by Crippen LogP contribution is 2.19. The molecule has 100 valence electrons. The highest BCUT2D eigenvalue weighted by atomic mass is 35.5. The van der Waals surface area contributed by atoms with Crippen molar-refractivity contribution in [3.63, 3.8) is 0 Å². The Morgan fingerprint density at radius 3 is 2.67 bits per heavy atom. The van der Waals surface area contributed by atoms with Crippen LogP contribution >= 0.6 is 11.6 Å². The average molecular weight is 268 g/mol. The van der Waals surface area contributed by atoms with E-state index in [9.17, 15) is 0 Å². The second-order valence-corrected chi connectivity index (χ2v) is 5.78. The predicted molar refractivity (Wildman–Crippen MR) is 79.3 cm³/mol. The maximum Gasteiger partial charge on any atom is 0.128 e. The smallest absolute Gasteiger partial charge is 0.128 e. The molecule has 0 fully saturated rings. The molecule has 1 heterocycles. The van der Waals surface area contributed by atoms with Gasteiger partial charge in [0.15, 0.2) is 0 Å². The summed E-state index contributed by atoms with van der Waals surface area (Å²) in [6, 6.07) is 3.82. The van der Waals surface area contributed by atoms with Gasteiger partial charge in [0.1, 0.15) is 5.82 Å². The molecule has 0 radical (unpaired) electrons. The molecule has 3 nitrogen and oxygen atoms in total. The van der Waals surface area contributed by atoms with Crippen molar-refractivity contribution in [2.24, 2.45) is 0 Å². The van der Waals surface area contributed by atoms with Crippen LogP contribution in [0.3, 0.4) is 0 Å². The standard InChI is InChI=1S/C14H22ClN3/c1-6-9-18(5)13-8-7-11(15)12(17-13)10-16-14(2,3)4/h6-8,16H,1,9-10H2,2-5H3. The van der Waals surface area contributed by atoms with E-state index >= 15 is 0 Å². The van der Waals surface area contributed by atoms with Crippen LogP contribution in [0.4, 0.5) is 5.82 Å². The number of pyridine rings is 1. The number of nitrogens with zero attached hydrogens (tertiary/aromatic N) is 2. The van der Waals surface area contributed by atoms with Crippen molar-refractivity contribution in [3.05, 3.63) is 35.5 Å². The van der Waals surface area contributed by atoms with Crippen LogP contribution in [0.2, 0.25) is 5.02 Å². The molecule has 0 bridgehead atoms. The fourth-order valence-corrected chi connectivity index (χ4v) is 1.62. The van der Waals surface area contributed by atoms with Crippen molar-refractivity contribution in [2.45, 2.75) is 32.9 Å². The third kappa shape index (κ3) is 4.67. The molecule has 0 saturated heterocycles. The number of likely N-dealkylation sites (N-methyl/N-ethyl adjacent to an activating group) is 1. The van der Waals surface area contributed by atoms with E-state index in [0.29, 0.717) is 11.6 Å². The van der Waals surface area contributed by atoms with Crippen molar-refractivity contribution in [2.75, 3.05) is 18.5 Å². The lowest BCUT2D eigenvalue weighted by Gasteiger charge is -2.22. The topological polar surface area (TPSA) is 28.2 Å². The minimum Gasteiger partial charge on any atom is -0.356 e. The highest BCUT2D eigenvalue weighted by molar-refractivity contribution is 6.31. The van der Waals surface area contributed by atoms with E-state index in [1.165, 1.54) is 0 Å². The summed E-state index contributed by atoms with van der Waals surface area (Å²) < 4.78 is 0. The van der Waals surface area contributed by atoms with Crippen LogP contribution < -0.4 is 10.2 Å². The Kier molecular flexibility index (Phi) is 5.17. The average Bonchev–Trinajstić information content (AvgIpc) is 2.27. The Morgan fingerprint density at radius 1 is 1.44 bits per heavy atom. The molecule has 0 spiro atoms. The summed E-state index contributed by atoms with van der Waals surface area (Å²) in [7, 11) is 1.99. The molecular formula is C14H22ClN3. The first-order valence-corrected chi connectivity index (χ1v) is 6.44. The van der Waals surface area contributed by atoms with Gasteiger partial charge < -0.3 is 10.2 Å². The first-order chi connectivity index (χ1) is 8.33. The largest absolute Gasteiger partial charge is 0.356 e. The molecule has 0 amide bonds. The van der Waals surface area contributed by atoms with Crippen LogP contribution in [0.5, 0.6) is 0 Å². The molecule has 0 aliphatic rings. The van der Waals surface area contributed by atoms with Gasteiger partial charge in [-0.05, 0) is 32.9 Å². The lowest BCUT2D eigenvalue weighted by atomic mass is 10.1. The molecule has 1 aromatic rings. The van der Waals surface area contributed by atoms with Gasteiger partial charge in [-0.2, -0.15) is 0 Å². The van der Waals surface area contributed by atoms with E-state index in [2.05, 4.69) is 37.7 Å². The molecule has 4 heteroatoms. The molecule has 0 aliphatic carbocycles. The van der Waals surface area contributed by atoms with Crippen LogP contribution in [0.15, 0.2) is 24.8 Å². The highest BCUT2D eigenvalue weighted by Gasteiger charge is 2.12. The van der Waals surface area contributed by atoms with E-state index in [0.717, 1.165) is 18.1 Å². The van der Waals surface area contributed by atoms with Crippen molar-refractivity contribution >= 4 is 17.4 Å². The van der Waals surface area contributed by atoms with Crippen LogP contribution in [0.25, 0.3) is 0 Å². The number of hydrogen-bond acceptors (Lipinski definition) is 3. The number of rotatable bonds is 5. The number of aromatic nitrogens is 1. The number of hydrogen-bond donors (Lipinski definition) is 1. The van der Waals surface area contributed by atoms with Crippen LogP contribution in [-0.4, -0.2) is 24.1 Å². The Bertz CT molecular complexity index is 410.